The standard InChI is InChI=1S/C70H44N2S.C66H42N2S/c1-2-14-45(15-3-1)46-28-36-52(37-29-46)72-66-40-32-49(42-64(66)65-43-50(33-41-67(65)72)55-24-12-17-48-16-4-5-18-54(48)55)47-30-34-51(35-31-47)71(68-26-13-25-62-61-23-10-11-27-69(61)73-70(62)68)53-38-39-60-58-21-7-6-19-56(58)57-20-8-9-22-59(57)63(60)44-53;1-3-14-43(15-4-1)45-26-34-50(35-27-45)68-62-38-30-47(44-16-5-2-6-17-44)40-60(62)61-41-48(31-39-63(61)68)46-28-32-49(33-29-46)67(64-24-13-23-58-57-22-11-12-25-65(57)69-66(58)64)51-36-37-56-54-20-8-7-18-52(54)53-19-9-10-21-55(53)59(56)42-51/h1-44H;1-42H. The molecule has 0 spiro atoms. The second kappa shape index (κ2) is 34.0. The molecule has 4 nitrogen and oxygen atoms in total. The van der Waals surface area contributed by atoms with Crippen LogP contribution in [0, 0.1) is 0 Å². The van der Waals surface area contributed by atoms with E-state index in [0.717, 1.165) is 34.1 Å². The highest BCUT2D eigenvalue weighted by molar-refractivity contribution is 7.27. The monoisotopic (exact) mass is 1840 g/mol. The van der Waals surface area contributed by atoms with Crippen LogP contribution in [0.15, 0.2) is 522 Å². The van der Waals surface area contributed by atoms with Gasteiger partial charge in [0.25, 0.3) is 0 Å². The van der Waals surface area contributed by atoms with Crippen LogP contribution in [0.4, 0.5) is 34.1 Å². The van der Waals surface area contributed by atoms with Gasteiger partial charge in [-0.2, -0.15) is 0 Å². The number of hydrogen-bond acceptors (Lipinski definition) is 4. The van der Waals surface area contributed by atoms with Crippen molar-refractivity contribution in [3.63, 3.8) is 0 Å². The topological polar surface area (TPSA) is 16.3 Å². The molecule has 142 heavy (non-hydrogen) atoms. The van der Waals surface area contributed by atoms with Crippen LogP contribution in [0.5, 0.6) is 0 Å². The summed E-state index contributed by atoms with van der Waals surface area (Å²) in [7, 11) is 0. The summed E-state index contributed by atoms with van der Waals surface area (Å²) in [6.07, 6.45) is 0. The number of aromatic nitrogens is 2. The molecule has 0 aliphatic heterocycles. The first-order chi connectivity index (χ1) is 70.4. The zero-order valence-corrected chi connectivity index (χ0v) is 78.9. The molecular formula is C136H86N4S2. The maximum Gasteiger partial charge on any atom is 0.0640 e. The summed E-state index contributed by atoms with van der Waals surface area (Å²) >= 11 is 3.74. The number of benzene rings is 25. The maximum absolute atomic E-state index is 2.47. The normalized spacial score (nSPS) is 11.8. The maximum atomic E-state index is 2.47. The van der Waals surface area contributed by atoms with Crippen LogP contribution in [-0.4, -0.2) is 9.13 Å². The van der Waals surface area contributed by atoms with E-state index in [9.17, 15) is 0 Å². The summed E-state index contributed by atoms with van der Waals surface area (Å²) in [6.45, 7) is 0. The molecule has 0 saturated carbocycles. The zero-order chi connectivity index (χ0) is 93.4. The van der Waals surface area contributed by atoms with E-state index in [2.05, 4.69) is 541 Å². The van der Waals surface area contributed by atoms with Gasteiger partial charge in [0.2, 0.25) is 0 Å². The summed E-state index contributed by atoms with van der Waals surface area (Å²) in [5, 5.41) is 27.8. The van der Waals surface area contributed by atoms with Crippen LogP contribution >= 0.6 is 22.7 Å². The zero-order valence-electron chi connectivity index (χ0n) is 77.3. The lowest BCUT2D eigenvalue weighted by Crippen LogP contribution is -2.10. The summed E-state index contributed by atoms with van der Waals surface area (Å²) in [5.41, 5.74) is 28.2. The molecule has 6 heteroatoms. The first-order valence-electron chi connectivity index (χ1n) is 48.7. The van der Waals surface area contributed by atoms with Crippen LogP contribution in [0.1, 0.15) is 0 Å². The Kier molecular flexibility index (Phi) is 19.7. The van der Waals surface area contributed by atoms with E-state index in [1.807, 2.05) is 22.7 Å². The van der Waals surface area contributed by atoms with Crippen molar-refractivity contribution in [1.82, 2.24) is 9.13 Å². The fourth-order valence-electron chi connectivity index (χ4n) is 22.6. The van der Waals surface area contributed by atoms with Gasteiger partial charge in [-0.25, -0.2) is 0 Å². The number of fused-ring (bicyclic) bond motifs is 25. The van der Waals surface area contributed by atoms with E-state index >= 15 is 0 Å². The van der Waals surface area contributed by atoms with Crippen LogP contribution < -0.4 is 9.80 Å². The van der Waals surface area contributed by atoms with E-state index in [-0.39, 0.29) is 0 Å². The quantitative estimate of drug-likeness (QED) is 0.101. The van der Waals surface area contributed by atoms with Crippen LogP contribution in [0.3, 0.4) is 0 Å². The minimum absolute atomic E-state index is 1.11. The molecule has 662 valence electrons. The summed E-state index contributed by atoms with van der Waals surface area (Å²) in [5.74, 6) is 0. The fraction of sp³-hybridized carbons (Fsp3) is 0. The molecule has 25 aromatic carbocycles. The summed E-state index contributed by atoms with van der Waals surface area (Å²) < 4.78 is 9.99. The Hall–Kier alpha value is -18.0. The van der Waals surface area contributed by atoms with Gasteiger partial charge < -0.3 is 18.9 Å². The lowest BCUT2D eigenvalue weighted by molar-refractivity contribution is 1.18. The largest absolute Gasteiger partial charge is 0.309 e. The van der Waals surface area contributed by atoms with Crippen molar-refractivity contribution >= 4 is 216 Å². The highest BCUT2D eigenvalue weighted by atomic mass is 32.1. The van der Waals surface area contributed by atoms with Gasteiger partial charge in [-0.1, -0.05) is 376 Å². The third-order valence-corrected chi connectivity index (χ3v) is 31.8. The van der Waals surface area contributed by atoms with Crippen molar-refractivity contribution in [1.29, 1.82) is 0 Å². The predicted molar refractivity (Wildman–Crippen MR) is 612 cm³/mol. The Morgan fingerprint density at radius 3 is 0.796 bits per heavy atom. The minimum Gasteiger partial charge on any atom is -0.309 e. The first-order valence-corrected chi connectivity index (χ1v) is 50.4. The number of nitrogens with zero attached hydrogens (tertiary/aromatic N) is 4. The van der Waals surface area contributed by atoms with Crippen molar-refractivity contribution < 1.29 is 0 Å². The molecule has 29 aromatic rings. The molecule has 0 aliphatic carbocycles. The highest BCUT2D eigenvalue weighted by Crippen LogP contribution is 2.52. The van der Waals surface area contributed by atoms with Crippen LogP contribution in [0.25, 0.3) is 237 Å². The van der Waals surface area contributed by atoms with E-state index in [1.54, 1.807) is 0 Å². The van der Waals surface area contributed by atoms with Crippen LogP contribution in [-0.2, 0) is 0 Å². The van der Waals surface area contributed by atoms with Gasteiger partial charge in [-0.3, -0.25) is 0 Å². The van der Waals surface area contributed by atoms with Gasteiger partial charge in [-0.05, 0) is 288 Å². The molecule has 0 N–H and O–H groups in total. The van der Waals surface area contributed by atoms with Gasteiger partial charge >= 0.3 is 0 Å². The summed E-state index contributed by atoms with van der Waals surface area (Å²) in [6, 6.07) is 192. The second-order valence-electron chi connectivity index (χ2n) is 37.2. The van der Waals surface area contributed by atoms with Crippen molar-refractivity contribution in [3.05, 3.63) is 522 Å². The molecule has 4 aromatic heterocycles. The third-order valence-electron chi connectivity index (χ3n) is 29.3. The molecule has 0 aliphatic rings. The number of thiophene rings is 2. The Bertz CT molecular complexity index is 10000. The van der Waals surface area contributed by atoms with Crippen molar-refractivity contribution in [2.24, 2.45) is 0 Å². The average molecular weight is 1840 g/mol. The van der Waals surface area contributed by atoms with Crippen LogP contribution in [0.2, 0.25) is 0 Å². The average Bonchev–Trinajstić information content (AvgIpc) is 1.56. The van der Waals surface area contributed by atoms with Crippen molar-refractivity contribution in [3.8, 4) is 78.1 Å². The van der Waals surface area contributed by atoms with Gasteiger partial charge in [-0.15, -0.1) is 22.7 Å². The molecule has 0 bridgehead atoms. The highest BCUT2D eigenvalue weighted by Gasteiger charge is 2.26. The van der Waals surface area contributed by atoms with E-state index in [0.29, 0.717) is 0 Å². The molecule has 0 unspecified atom stereocenters. The minimum atomic E-state index is 1.11. The van der Waals surface area contributed by atoms with Gasteiger partial charge in [0.1, 0.15) is 0 Å². The molecule has 29 rings (SSSR count). The molecule has 4 heterocycles. The summed E-state index contributed by atoms with van der Waals surface area (Å²) in [4.78, 5) is 4.94. The molecule has 0 radical (unpaired) electrons. The lowest BCUT2D eigenvalue weighted by atomic mass is 9.94. The number of rotatable bonds is 14. The Labute approximate surface area is 828 Å². The molecule has 0 fully saturated rings. The Morgan fingerprint density at radius 1 is 0.148 bits per heavy atom. The van der Waals surface area contributed by atoms with Gasteiger partial charge in [0.05, 0.1) is 42.8 Å². The molecule has 0 saturated heterocycles. The number of hydrogen-bond donors (Lipinski definition) is 0. The van der Waals surface area contributed by atoms with Crippen molar-refractivity contribution in [2.75, 3.05) is 9.80 Å². The Balaban J connectivity index is 0.000000139. The van der Waals surface area contributed by atoms with Gasteiger partial charge in [0.15, 0.2) is 0 Å². The molecule has 0 atom stereocenters. The third kappa shape index (κ3) is 13.8. The lowest BCUT2D eigenvalue weighted by Gasteiger charge is -2.27. The van der Waals surface area contributed by atoms with Gasteiger partial charge in [0, 0.05) is 86.6 Å². The predicted octanol–water partition coefficient (Wildman–Crippen LogP) is 39.3. The van der Waals surface area contributed by atoms with E-state index < -0.39 is 0 Å². The Morgan fingerprint density at radius 2 is 0.408 bits per heavy atom. The van der Waals surface area contributed by atoms with E-state index in [4.69, 9.17) is 0 Å². The van der Waals surface area contributed by atoms with E-state index in [1.165, 1.54) is 237 Å². The fourth-order valence-corrected chi connectivity index (χ4v) is 25.0. The first kappa shape index (κ1) is 82.2. The second-order valence-corrected chi connectivity index (χ2v) is 39.3. The SMILES string of the molecule is c1ccc(-c2ccc(-n3c4ccc(-c5ccc(N(c6ccc7c8ccccc8c8ccccc8c7c6)c6cccc7c6sc6ccccc67)cc5)cc4c4cc(-c5cccc6ccccc56)ccc43)cc2)cc1.c1ccc(-c2ccc(-n3c4ccc(-c5ccccc5)cc4c4cc(-c5ccc(N(c6ccc7c8ccccc8c8ccccc8c7c6)c6cccc7c6sc6ccccc67)cc5)ccc43)cc2)cc1. The molecule has 0 amide bonds. The smallest absolute Gasteiger partial charge is 0.0640 e. The van der Waals surface area contributed by atoms with Crippen molar-refractivity contribution in [2.45, 2.75) is 0 Å². The molecular weight excluding hydrogens is 1750 g/mol. The number of anilines is 6.